The van der Waals surface area contributed by atoms with Gasteiger partial charge in [-0.25, -0.2) is 9.78 Å². The molecule has 0 radical (unpaired) electrons. The van der Waals surface area contributed by atoms with E-state index in [4.69, 9.17) is 17.2 Å². The predicted octanol–water partition coefficient (Wildman–Crippen LogP) is -2.90. The summed E-state index contributed by atoms with van der Waals surface area (Å²) in [6.45, 7) is 0.116. The van der Waals surface area contributed by atoms with Crippen LogP contribution in [0.25, 0.3) is 0 Å². The highest BCUT2D eigenvalue weighted by molar-refractivity contribution is 7.98. The van der Waals surface area contributed by atoms with Crippen LogP contribution in [0.1, 0.15) is 31.4 Å². The monoisotopic (exact) mass is 557 g/mol. The van der Waals surface area contributed by atoms with Crippen molar-refractivity contribution in [2.75, 3.05) is 18.6 Å². The van der Waals surface area contributed by atoms with E-state index in [0.29, 0.717) is 17.9 Å². The topological polar surface area (TPSA) is 281 Å². The number of carbonyl (C=O) groups excluding carboxylic acids is 3. The standard InChI is InChI=1S/C21H35N9O7S/c1-38-6-4-12(22)17(33)29-14(7-11-9-25-10-27-11)18(34)30-15(8-16(31)32)19(35)28-13(20(36)37)3-2-5-26-21(23)24/h9-10,12-15H,2-8,22H2,1H3,(H,25,27)(H,28,35)(H,29,33)(H,30,34)(H,31,32)(H,36,37)(H4,23,24,26). The van der Waals surface area contributed by atoms with E-state index in [1.54, 1.807) is 0 Å². The van der Waals surface area contributed by atoms with Crippen molar-refractivity contribution in [3.63, 3.8) is 0 Å². The number of aromatic amines is 1. The zero-order chi connectivity index (χ0) is 28.7. The first-order valence-electron chi connectivity index (χ1n) is 11.6. The van der Waals surface area contributed by atoms with Gasteiger partial charge in [-0.15, -0.1) is 0 Å². The quantitative estimate of drug-likeness (QED) is 0.0499. The van der Waals surface area contributed by atoms with E-state index in [0.717, 1.165) is 0 Å². The Kier molecular flexibility index (Phi) is 14.2. The molecule has 212 valence electrons. The summed E-state index contributed by atoms with van der Waals surface area (Å²) in [6.07, 6.45) is 4.27. The molecule has 17 heteroatoms. The molecule has 0 aromatic carbocycles. The number of amides is 3. The first-order valence-corrected chi connectivity index (χ1v) is 13.0. The normalized spacial score (nSPS) is 13.8. The minimum absolute atomic E-state index is 0.0575. The highest BCUT2D eigenvalue weighted by Crippen LogP contribution is 2.05. The van der Waals surface area contributed by atoms with Crippen LogP contribution in [0.3, 0.4) is 0 Å². The molecule has 4 atom stereocenters. The van der Waals surface area contributed by atoms with Gasteiger partial charge in [0.2, 0.25) is 17.7 Å². The van der Waals surface area contributed by atoms with Gasteiger partial charge >= 0.3 is 11.9 Å². The van der Waals surface area contributed by atoms with Gasteiger partial charge in [0.1, 0.15) is 18.1 Å². The molecule has 0 saturated heterocycles. The third-order valence-electron chi connectivity index (χ3n) is 5.15. The minimum atomic E-state index is -1.63. The second kappa shape index (κ2) is 16.8. The number of H-pyrrole nitrogens is 1. The first-order chi connectivity index (χ1) is 17.9. The fourth-order valence-electron chi connectivity index (χ4n) is 3.17. The number of carboxylic acids is 2. The molecule has 0 saturated carbocycles. The smallest absolute Gasteiger partial charge is 0.326 e. The van der Waals surface area contributed by atoms with Crippen molar-refractivity contribution in [1.82, 2.24) is 25.9 Å². The lowest BCUT2D eigenvalue weighted by Gasteiger charge is -2.24. The Morgan fingerprint density at radius 3 is 2.21 bits per heavy atom. The van der Waals surface area contributed by atoms with Crippen LogP contribution in [0.15, 0.2) is 17.5 Å². The molecule has 0 fully saturated rings. The summed E-state index contributed by atoms with van der Waals surface area (Å²) in [6, 6.07) is -5.15. The fourth-order valence-corrected chi connectivity index (χ4v) is 3.66. The fraction of sp³-hybridized carbons (Fsp3) is 0.571. The molecule has 0 spiro atoms. The van der Waals surface area contributed by atoms with E-state index in [1.807, 2.05) is 6.26 Å². The Bertz CT molecular complexity index is 970. The molecular weight excluding hydrogens is 522 g/mol. The number of rotatable bonds is 18. The summed E-state index contributed by atoms with van der Waals surface area (Å²) in [5, 5.41) is 25.8. The Morgan fingerprint density at radius 1 is 1.03 bits per heavy atom. The molecule has 1 rings (SSSR count). The number of guanidine groups is 1. The van der Waals surface area contributed by atoms with Gasteiger partial charge < -0.3 is 48.3 Å². The van der Waals surface area contributed by atoms with Gasteiger partial charge in [-0.3, -0.25) is 24.2 Å². The molecule has 0 bridgehead atoms. The maximum absolute atomic E-state index is 13.1. The lowest BCUT2D eigenvalue weighted by Crippen LogP contribution is -2.58. The number of aromatic nitrogens is 2. The predicted molar refractivity (Wildman–Crippen MR) is 139 cm³/mol. The van der Waals surface area contributed by atoms with E-state index in [9.17, 15) is 34.2 Å². The van der Waals surface area contributed by atoms with Gasteiger partial charge in [0.05, 0.1) is 18.8 Å². The highest BCUT2D eigenvalue weighted by Gasteiger charge is 2.31. The van der Waals surface area contributed by atoms with Crippen molar-refractivity contribution in [2.24, 2.45) is 22.2 Å². The lowest BCUT2D eigenvalue weighted by molar-refractivity contribution is -0.143. The maximum atomic E-state index is 13.1. The van der Waals surface area contributed by atoms with Crippen molar-refractivity contribution in [3.05, 3.63) is 18.2 Å². The van der Waals surface area contributed by atoms with Gasteiger partial charge in [0, 0.05) is 24.9 Å². The number of carboxylic acid groups (broad SMARTS) is 2. The second-order valence-corrected chi connectivity index (χ2v) is 9.22. The molecule has 16 nitrogen and oxygen atoms in total. The van der Waals surface area contributed by atoms with Crippen LogP contribution in [0.5, 0.6) is 0 Å². The van der Waals surface area contributed by atoms with Gasteiger partial charge in [0.25, 0.3) is 0 Å². The van der Waals surface area contributed by atoms with Crippen molar-refractivity contribution in [1.29, 1.82) is 0 Å². The number of carbonyl (C=O) groups is 5. The lowest BCUT2D eigenvalue weighted by atomic mass is 10.1. The first kappa shape index (κ1) is 32.2. The van der Waals surface area contributed by atoms with Crippen molar-refractivity contribution in [2.45, 2.75) is 56.3 Å². The molecule has 0 aliphatic heterocycles. The number of imidazole rings is 1. The Morgan fingerprint density at radius 2 is 1.66 bits per heavy atom. The molecule has 1 aromatic heterocycles. The van der Waals surface area contributed by atoms with Crippen molar-refractivity contribution >= 4 is 47.4 Å². The average Bonchev–Trinajstić information content (AvgIpc) is 3.35. The van der Waals surface area contributed by atoms with Crippen LogP contribution in [0.2, 0.25) is 0 Å². The number of aliphatic imine (C=N–C) groups is 1. The number of hydrogen-bond acceptors (Lipinski definition) is 9. The summed E-state index contributed by atoms with van der Waals surface area (Å²) < 4.78 is 0. The summed E-state index contributed by atoms with van der Waals surface area (Å²) >= 11 is 1.50. The third-order valence-corrected chi connectivity index (χ3v) is 5.80. The number of hydrogen-bond donors (Lipinski definition) is 9. The SMILES string of the molecule is CSCCC(N)C(=O)NC(Cc1cnc[nH]1)C(=O)NC(CC(=O)O)C(=O)NC(CCCN=C(N)N)C(=O)O. The van der Waals surface area contributed by atoms with E-state index >= 15 is 0 Å². The van der Waals surface area contributed by atoms with Gasteiger partial charge in [-0.2, -0.15) is 11.8 Å². The summed E-state index contributed by atoms with van der Waals surface area (Å²) in [7, 11) is 0. The molecule has 12 N–H and O–H groups in total. The molecule has 0 aliphatic rings. The molecule has 4 unspecified atom stereocenters. The Balaban J connectivity index is 3.00. The summed E-state index contributed by atoms with van der Waals surface area (Å²) in [4.78, 5) is 71.9. The number of nitrogens with two attached hydrogens (primary N) is 3. The van der Waals surface area contributed by atoms with Crippen LogP contribution in [0.4, 0.5) is 0 Å². The van der Waals surface area contributed by atoms with Crippen LogP contribution in [-0.4, -0.2) is 98.5 Å². The van der Waals surface area contributed by atoms with Crippen molar-refractivity contribution in [3.8, 4) is 0 Å². The zero-order valence-electron chi connectivity index (χ0n) is 20.9. The second-order valence-electron chi connectivity index (χ2n) is 8.24. The third kappa shape index (κ3) is 12.4. The minimum Gasteiger partial charge on any atom is -0.481 e. The van der Waals surface area contributed by atoms with Gasteiger partial charge in [-0.05, 0) is 31.3 Å². The van der Waals surface area contributed by atoms with Crippen LogP contribution < -0.4 is 33.2 Å². The maximum Gasteiger partial charge on any atom is 0.326 e. The van der Waals surface area contributed by atoms with Crippen LogP contribution in [0, 0.1) is 0 Å². The molecule has 0 aliphatic carbocycles. The van der Waals surface area contributed by atoms with E-state index in [1.165, 1.54) is 24.3 Å². The molecule has 38 heavy (non-hydrogen) atoms. The Labute approximate surface area is 223 Å². The van der Waals surface area contributed by atoms with Crippen LogP contribution in [-0.2, 0) is 30.4 Å². The van der Waals surface area contributed by atoms with E-state index in [2.05, 4.69) is 30.9 Å². The van der Waals surface area contributed by atoms with Gasteiger partial charge in [-0.1, -0.05) is 0 Å². The van der Waals surface area contributed by atoms with E-state index in [-0.39, 0.29) is 31.8 Å². The number of aliphatic carboxylic acids is 2. The van der Waals surface area contributed by atoms with Crippen molar-refractivity contribution < 1.29 is 34.2 Å². The van der Waals surface area contributed by atoms with Gasteiger partial charge in [0.15, 0.2) is 5.96 Å². The summed E-state index contributed by atoms with van der Waals surface area (Å²) in [5.74, 6) is -4.85. The average molecular weight is 558 g/mol. The molecule has 1 heterocycles. The molecule has 3 amide bonds. The zero-order valence-corrected chi connectivity index (χ0v) is 21.7. The largest absolute Gasteiger partial charge is 0.481 e. The molecular formula is C21H35N9O7S. The molecule has 1 aromatic rings. The summed E-state index contributed by atoms with van der Waals surface area (Å²) in [5.41, 5.74) is 16.8. The number of thioether (sulfide) groups is 1. The van der Waals surface area contributed by atoms with Crippen LogP contribution >= 0.6 is 11.8 Å². The number of nitrogens with one attached hydrogen (secondary N) is 4. The Hall–Kier alpha value is -3.86. The number of nitrogens with zero attached hydrogens (tertiary/aromatic N) is 2. The highest BCUT2D eigenvalue weighted by atomic mass is 32.2. The van der Waals surface area contributed by atoms with E-state index < -0.39 is 60.2 Å².